The van der Waals surface area contributed by atoms with Gasteiger partial charge in [0.15, 0.2) is 0 Å². The number of halogens is 3. The molecule has 1 nitrogen and oxygen atoms in total. The molecule has 2 aromatic rings. The van der Waals surface area contributed by atoms with E-state index in [4.69, 9.17) is 11.6 Å². The molecule has 0 bridgehead atoms. The molecule has 0 fully saturated rings. The van der Waals surface area contributed by atoms with E-state index >= 15 is 0 Å². The van der Waals surface area contributed by atoms with Gasteiger partial charge in [0.05, 0.1) is 5.02 Å². The second-order valence-corrected chi connectivity index (χ2v) is 6.89. The van der Waals surface area contributed by atoms with Crippen LogP contribution in [-0.2, 0) is 6.42 Å². The Kier molecular flexibility index (Phi) is 6.02. The Morgan fingerprint density at radius 3 is 2.80 bits per heavy atom. The molecule has 0 saturated carbocycles. The van der Waals surface area contributed by atoms with Gasteiger partial charge in [-0.05, 0) is 59.1 Å². The van der Waals surface area contributed by atoms with E-state index < -0.39 is 0 Å². The summed E-state index contributed by atoms with van der Waals surface area (Å²) in [4.78, 5) is 1.27. The van der Waals surface area contributed by atoms with Crippen LogP contribution >= 0.6 is 38.9 Å². The molecule has 0 saturated heterocycles. The maximum absolute atomic E-state index is 13.2. The molecule has 5 heteroatoms. The number of nitrogens with one attached hydrogen (secondary N) is 1. The number of benzene rings is 1. The Bertz CT molecular complexity index is 573. The van der Waals surface area contributed by atoms with Gasteiger partial charge in [0.25, 0.3) is 0 Å². The first kappa shape index (κ1) is 16.0. The average Bonchev–Trinajstić information content (AvgIpc) is 2.85. The van der Waals surface area contributed by atoms with Crippen molar-refractivity contribution in [1.82, 2.24) is 5.32 Å². The van der Waals surface area contributed by atoms with Crippen molar-refractivity contribution in [3.8, 4) is 0 Å². The standard InChI is InChI=1S/C15H16BrClFNS/c1-2-5-19-14(15-8-11(16)9-20-15)7-10-3-4-13(18)12(17)6-10/h3-4,6,8-9,14,19H,2,5,7H2,1H3. The molecule has 1 aromatic carbocycles. The first-order valence-electron chi connectivity index (χ1n) is 6.51. The van der Waals surface area contributed by atoms with Gasteiger partial charge in [0, 0.05) is 20.8 Å². The predicted octanol–water partition coefficient (Wildman–Crippen LogP) is 5.59. The number of rotatable bonds is 6. The van der Waals surface area contributed by atoms with E-state index in [0.29, 0.717) is 0 Å². The van der Waals surface area contributed by atoms with E-state index in [9.17, 15) is 4.39 Å². The molecule has 108 valence electrons. The Morgan fingerprint density at radius 2 is 2.20 bits per heavy atom. The molecule has 2 rings (SSSR count). The lowest BCUT2D eigenvalue weighted by molar-refractivity contribution is 0.536. The third kappa shape index (κ3) is 4.29. The van der Waals surface area contributed by atoms with E-state index in [1.807, 2.05) is 0 Å². The lowest BCUT2D eigenvalue weighted by atomic mass is 10.0. The van der Waals surface area contributed by atoms with Crippen LogP contribution in [0.3, 0.4) is 0 Å². The molecule has 1 atom stereocenters. The van der Waals surface area contributed by atoms with Gasteiger partial charge in [-0.2, -0.15) is 0 Å². The van der Waals surface area contributed by atoms with Crippen molar-refractivity contribution in [3.63, 3.8) is 0 Å². The highest BCUT2D eigenvalue weighted by atomic mass is 79.9. The average molecular weight is 377 g/mol. The summed E-state index contributed by atoms with van der Waals surface area (Å²) in [6.45, 7) is 3.10. The second kappa shape index (κ2) is 7.55. The highest BCUT2D eigenvalue weighted by Crippen LogP contribution is 2.29. The summed E-state index contributed by atoms with van der Waals surface area (Å²) >= 11 is 11.1. The Morgan fingerprint density at radius 1 is 1.40 bits per heavy atom. The summed E-state index contributed by atoms with van der Waals surface area (Å²) in [5.41, 5.74) is 1.04. The van der Waals surface area contributed by atoms with Gasteiger partial charge >= 0.3 is 0 Å². The van der Waals surface area contributed by atoms with Gasteiger partial charge in [0.2, 0.25) is 0 Å². The highest BCUT2D eigenvalue weighted by Gasteiger charge is 2.14. The molecule has 1 N–H and O–H groups in total. The number of thiophene rings is 1. The minimum atomic E-state index is -0.368. The van der Waals surface area contributed by atoms with Crippen LogP contribution in [-0.4, -0.2) is 6.54 Å². The topological polar surface area (TPSA) is 12.0 Å². The van der Waals surface area contributed by atoms with E-state index in [1.54, 1.807) is 23.5 Å². The first-order chi connectivity index (χ1) is 9.60. The van der Waals surface area contributed by atoms with Crippen LogP contribution in [0.1, 0.15) is 29.8 Å². The van der Waals surface area contributed by atoms with Crippen molar-refractivity contribution in [2.75, 3.05) is 6.54 Å². The van der Waals surface area contributed by atoms with Crippen molar-refractivity contribution < 1.29 is 4.39 Å². The second-order valence-electron chi connectivity index (χ2n) is 4.63. The normalized spacial score (nSPS) is 12.6. The van der Waals surface area contributed by atoms with Crippen molar-refractivity contribution in [2.24, 2.45) is 0 Å². The third-order valence-corrected chi connectivity index (χ3v) is 5.09. The fourth-order valence-electron chi connectivity index (χ4n) is 2.01. The van der Waals surface area contributed by atoms with Crippen LogP contribution in [0.25, 0.3) is 0 Å². The molecule has 0 radical (unpaired) electrons. The van der Waals surface area contributed by atoms with Crippen LogP contribution in [0.5, 0.6) is 0 Å². The molecule has 1 aromatic heterocycles. The predicted molar refractivity (Wildman–Crippen MR) is 88.2 cm³/mol. The fourth-order valence-corrected chi connectivity index (χ4v) is 3.73. The first-order valence-corrected chi connectivity index (χ1v) is 8.56. The molecule has 0 aliphatic carbocycles. The van der Waals surface area contributed by atoms with E-state index in [0.717, 1.165) is 29.4 Å². The van der Waals surface area contributed by atoms with Gasteiger partial charge in [-0.3, -0.25) is 0 Å². The summed E-state index contributed by atoms with van der Waals surface area (Å²) in [5, 5.41) is 5.80. The Balaban J connectivity index is 2.16. The lowest BCUT2D eigenvalue weighted by Gasteiger charge is -2.17. The lowest BCUT2D eigenvalue weighted by Crippen LogP contribution is -2.23. The number of hydrogen-bond donors (Lipinski definition) is 1. The minimum absolute atomic E-state index is 0.184. The monoisotopic (exact) mass is 375 g/mol. The van der Waals surface area contributed by atoms with Gasteiger partial charge in [0.1, 0.15) is 5.82 Å². The van der Waals surface area contributed by atoms with Gasteiger partial charge in [-0.1, -0.05) is 24.6 Å². The van der Waals surface area contributed by atoms with Gasteiger partial charge < -0.3 is 5.32 Å². The zero-order valence-corrected chi connectivity index (χ0v) is 14.3. The van der Waals surface area contributed by atoms with Crippen molar-refractivity contribution in [3.05, 3.63) is 55.4 Å². The SMILES string of the molecule is CCCNC(Cc1ccc(F)c(Cl)c1)c1cc(Br)cs1. The summed E-state index contributed by atoms with van der Waals surface area (Å²) in [6, 6.07) is 7.29. The maximum Gasteiger partial charge on any atom is 0.141 e. The summed E-state index contributed by atoms with van der Waals surface area (Å²) in [5.74, 6) is -0.368. The van der Waals surface area contributed by atoms with Gasteiger partial charge in [-0.25, -0.2) is 4.39 Å². The van der Waals surface area contributed by atoms with E-state index in [2.05, 4.69) is 39.6 Å². The van der Waals surface area contributed by atoms with Crippen LogP contribution in [0, 0.1) is 5.82 Å². The molecule has 0 aliphatic heterocycles. The van der Waals surface area contributed by atoms with Gasteiger partial charge in [-0.15, -0.1) is 11.3 Å². The van der Waals surface area contributed by atoms with Crippen LogP contribution < -0.4 is 5.32 Å². The largest absolute Gasteiger partial charge is 0.309 e. The van der Waals surface area contributed by atoms with Crippen LogP contribution in [0.2, 0.25) is 5.02 Å². The van der Waals surface area contributed by atoms with E-state index in [-0.39, 0.29) is 16.9 Å². The Labute approximate surface area is 136 Å². The Hall–Kier alpha value is -0.420. The van der Waals surface area contributed by atoms with Crippen molar-refractivity contribution >= 4 is 38.9 Å². The molecule has 1 unspecified atom stereocenters. The zero-order chi connectivity index (χ0) is 14.5. The smallest absolute Gasteiger partial charge is 0.141 e. The fraction of sp³-hybridized carbons (Fsp3) is 0.333. The zero-order valence-electron chi connectivity index (χ0n) is 11.1. The van der Waals surface area contributed by atoms with E-state index in [1.165, 1.54) is 10.9 Å². The minimum Gasteiger partial charge on any atom is -0.309 e. The molecule has 1 heterocycles. The molecular weight excluding hydrogens is 361 g/mol. The molecule has 20 heavy (non-hydrogen) atoms. The number of hydrogen-bond acceptors (Lipinski definition) is 2. The highest BCUT2D eigenvalue weighted by molar-refractivity contribution is 9.10. The van der Waals surface area contributed by atoms with Crippen LogP contribution in [0.15, 0.2) is 34.1 Å². The molecular formula is C15H16BrClFNS. The molecule has 0 spiro atoms. The van der Waals surface area contributed by atoms with Crippen molar-refractivity contribution in [2.45, 2.75) is 25.8 Å². The molecule has 0 amide bonds. The summed E-state index contributed by atoms with van der Waals surface area (Å²) in [7, 11) is 0. The van der Waals surface area contributed by atoms with Crippen LogP contribution in [0.4, 0.5) is 4.39 Å². The quantitative estimate of drug-likeness (QED) is 0.693. The summed E-state index contributed by atoms with van der Waals surface area (Å²) < 4.78 is 14.3. The summed E-state index contributed by atoms with van der Waals surface area (Å²) in [6.07, 6.45) is 1.88. The van der Waals surface area contributed by atoms with Crippen molar-refractivity contribution in [1.29, 1.82) is 0 Å². The maximum atomic E-state index is 13.2. The molecule has 0 aliphatic rings. The third-order valence-electron chi connectivity index (χ3n) is 3.00.